The van der Waals surface area contributed by atoms with E-state index in [1.807, 2.05) is 0 Å². The lowest BCUT2D eigenvalue weighted by Gasteiger charge is -2.29. The first-order valence-corrected chi connectivity index (χ1v) is 9.51. The Labute approximate surface area is 164 Å². The number of carbonyl (C=O) groups excluding carboxylic acids is 2. The van der Waals surface area contributed by atoms with E-state index in [2.05, 4.69) is 10.6 Å². The minimum atomic E-state index is -1.05. The number of aliphatic carboxylic acids is 1. The van der Waals surface area contributed by atoms with Crippen LogP contribution >= 0.6 is 0 Å². The molecule has 1 aromatic rings. The molecule has 28 heavy (non-hydrogen) atoms. The van der Waals surface area contributed by atoms with Crippen molar-refractivity contribution in [2.24, 2.45) is 11.7 Å². The summed E-state index contributed by atoms with van der Waals surface area (Å²) in [4.78, 5) is 36.0. The molecule has 6 N–H and O–H groups in total. The SMILES string of the molecule is CC(=O)NC(Cc1ccc(C(=N)N)cc1)C(=O)NC(C(=O)O)C1CCCCC1. The number of nitrogens with one attached hydrogen (secondary N) is 3. The maximum absolute atomic E-state index is 12.8. The standard InChI is InChI=1S/C20H28N4O4/c1-12(25)23-16(11-13-7-9-15(10-8-13)18(21)22)19(26)24-17(20(27)28)14-5-3-2-4-6-14/h7-10,14,16-17H,2-6,11H2,1H3,(H3,21,22)(H,23,25)(H,24,26)(H,27,28). The molecule has 1 aromatic carbocycles. The third kappa shape index (κ3) is 6.07. The van der Waals surface area contributed by atoms with Gasteiger partial charge in [0.1, 0.15) is 17.9 Å². The van der Waals surface area contributed by atoms with E-state index in [1.54, 1.807) is 24.3 Å². The average Bonchev–Trinajstić information content (AvgIpc) is 2.66. The summed E-state index contributed by atoms with van der Waals surface area (Å²) < 4.78 is 0. The molecule has 1 aliphatic rings. The second-order valence-electron chi connectivity index (χ2n) is 7.29. The molecule has 1 aliphatic carbocycles. The van der Waals surface area contributed by atoms with E-state index in [0.717, 1.165) is 37.7 Å². The Kier molecular flexibility index (Phi) is 7.54. The molecular formula is C20H28N4O4. The number of carboxylic acid groups (broad SMARTS) is 1. The molecule has 0 heterocycles. The van der Waals surface area contributed by atoms with Crippen molar-refractivity contribution in [3.8, 4) is 0 Å². The van der Waals surface area contributed by atoms with E-state index >= 15 is 0 Å². The first-order chi connectivity index (χ1) is 13.3. The van der Waals surface area contributed by atoms with Gasteiger partial charge in [-0.25, -0.2) is 4.79 Å². The van der Waals surface area contributed by atoms with Crippen molar-refractivity contribution in [2.45, 2.75) is 57.5 Å². The Morgan fingerprint density at radius 1 is 1.14 bits per heavy atom. The second kappa shape index (κ2) is 9.87. The smallest absolute Gasteiger partial charge is 0.326 e. The Morgan fingerprint density at radius 3 is 2.25 bits per heavy atom. The Balaban J connectivity index is 2.11. The number of carbonyl (C=O) groups is 3. The van der Waals surface area contributed by atoms with Crippen LogP contribution in [0.3, 0.4) is 0 Å². The first-order valence-electron chi connectivity index (χ1n) is 9.51. The highest BCUT2D eigenvalue weighted by molar-refractivity contribution is 5.95. The van der Waals surface area contributed by atoms with Crippen LogP contribution in [-0.2, 0) is 20.8 Å². The molecule has 2 unspecified atom stereocenters. The lowest BCUT2D eigenvalue weighted by atomic mass is 9.83. The van der Waals surface area contributed by atoms with Gasteiger partial charge in [-0.1, -0.05) is 43.5 Å². The molecule has 0 saturated heterocycles. The number of carboxylic acids is 1. The summed E-state index contributed by atoms with van der Waals surface area (Å²) in [6, 6.07) is 4.96. The molecule has 2 atom stereocenters. The maximum atomic E-state index is 12.8. The van der Waals surface area contributed by atoms with Crippen LogP contribution in [0, 0.1) is 11.3 Å². The largest absolute Gasteiger partial charge is 0.480 e. The normalized spacial score (nSPS) is 16.6. The van der Waals surface area contributed by atoms with Crippen LogP contribution in [0.4, 0.5) is 0 Å². The van der Waals surface area contributed by atoms with Gasteiger partial charge >= 0.3 is 5.97 Å². The molecule has 8 heteroatoms. The third-order valence-electron chi connectivity index (χ3n) is 5.08. The molecule has 152 valence electrons. The summed E-state index contributed by atoms with van der Waals surface area (Å²) in [5.41, 5.74) is 6.77. The number of amidine groups is 1. The summed E-state index contributed by atoms with van der Waals surface area (Å²) in [6.45, 7) is 1.31. The van der Waals surface area contributed by atoms with Gasteiger partial charge in [0.05, 0.1) is 0 Å². The van der Waals surface area contributed by atoms with Gasteiger partial charge in [0.25, 0.3) is 0 Å². The third-order valence-corrected chi connectivity index (χ3v) is 5.08. The summed E-state index contributed by atoms with van der Waals surface area (Å²) >= 11 is 0. The van der Waals surface area contributed by atoms with Gasteiger partial charge in [-0.15, -0.1) is 0 Å². The zero-order chi connectivity index (χ0) is 20.7. The molecular weight excluding hydrogens is 360 g/mol. The van der Waals surface area contributed by atoms with Crippen molar-refractivity contribution >= 4 is 23.6 Å². The van der Waals surface area contributed by atoms with Gasteiger partial charge in [0.15, 0.2) is 0 Å². The fraction of sp³-hybridized carbons (Fsp3) is 0.500. The van der Waals surface area contributed by atoms with Crippen LogP contribution < -0.4 is 16.4 Å². The molecule has 0 aromatic heterocycles. The van der Waals surface area contributed by atoms with Gasteiger partial charge in [-0.2, -0.15) is 0 Å². The zero-order valence-electron chi connectivity index (χ0n) is 16.0. The number of nitrogens with two attached hydrogens (primary N) is 1. The first kappa shape index (κ1) is 21.4. The predicted molar refractivity (Wildman–Crippen MR) is 105 cm³/mol. The summed E-state index contributed by atoms with van der Waals surface area (Å²) in [5.74, 6) is -2.08. The van der Waals surface area contributed by atoms with E-state index in [4.69, 9.17) is 11.1 Å². The quantitative estimate of drug-likeness (QED) is 0.335. The van der Waals surface area contributed by atoms with Crippen molar-refractivity contribution in [2.75, 3.05) is 0 Å². The fourth-order valence-electron chi connectivity index (χ4n) is 3.61. The van der Waals surface area contributed by atoms with E-state index < -0.39 is 24.0 Å². The Morgan fingerprint density at radius 2 is 1.75 bits per heavy atom. The summed E-state index contributed by atoms with van der Waals surface area (Å²) in [7, 11) is 0. The summed E-state index contributed by atoms with van der Waals surface area (Å²) in [5, 5.41) is 22.2. The monoisotopic (exact) mass is 388 g/mol. The summed E-state index contributed by atoms with van der Waals surface area (Å²) in [6.07, 6.45) is 4.76. The topological polar surface area (TPSA) is 145 Å². The highest BCUT2D eigenvalue weighted by Crippen LogP contribution is 2.26. The lowest BCUT2D eigenvalue weighted by molar-refractivity contribution is -0.144. The van der Waals surface area contributed by atoms with Crippen molar-refractivity contribution in [1.82, 2.24) is 10.6 Å². The highest BCUT2D eigenvalue weighted by atomic mass is 16.4. The molecule has 8 nitrogen and oxygen atoms in total. The van der Waals surface area contributed by atoms with Gasteiger partial charge in [0.2, 0.25) is 11.8 Å². The van der Waals surface area contributed by atoms with E-state index in [0.29, 0.717) is 5.56 Å². The molecule has 1 saturated carbocycles. The number of benzene rings is 1. The van der Waals surface area contributed by atoms with Gasteiger partial charge in [-0.05, 0) is 24.3 Å². The lowest BCUT2D eigenvalue weighted by Crippen LogP contribution is -2.54. The number of amides is 2. The number of hydrogen-bond acceptors (Lipinski definition) is 4. The Bertz CT molecular complexity index is 726. The molecule has 1 fully saturated rings. The van der Waals surface area contributed by atoms with Crippen LogP contribution in [-0.4, -0.2) is 40.8 Å². The van der Waals surface area contributed by atoms with Crippen molar-refractivity contribution in [1.29, 1.82) is 5.41 Å². The van der Waals surface area contributed by atoms with Gasteiger partial charge in [-0.3, -0.25) is 15.0 Å². The van der Waals surface area contributed by atoms with Crippen LogP contribution in [0.2, 0.25) is 0 Å². The van der Waals surface area contributed by atoms with Gasteiger partial charge in [0, 0.05) is 18.9 Å². The minimum absolute atomic E-state index is 0.0560. The van der Waals surface area contributed by atoms with Crippen LogP contribution in [0.1, 0.15) is 50.2 Å². The average molecular weight is 388 g/mol. The maximum Gasteiger partial charge on any atom is 0.326 e. The fourth-order valence-corrected chi connectivity index (χ4v) is 3.61. The second-order valence-corrected chi connectivity index (χ2v) is 7.29. The highest BCUT2D eigenvalue weighted by Gasteiger charge is 2.33. The number of hydrogen-bond donors (Lipinski definition) is 5. The molecule has 0 spiro atoms. The molecule has 2 rings (SSSR count). The predicted octanol–water partition coefficient (Wildman–Crippen LogP) is 1.17. The molecule has 2 amide bonds. The molecule has 0 radical (unpaired) electrons. The van der Waals surface area contributed by atoms with Crippen molar-refractivity contribution in [3.63, 3.8) is 0 Å². The molecule has 0 bridgehead atoms. The zero-order valence-corrected chi connectivity index (χ0v) is 16.0. The molecule has 0 aliphatic heterocycles. The van der Waals surface area contributed by atoms with E-state index in [1.165, 1.54) is 6.92 Å². The van der Waals surface area contributed by atoms with Crippen molar-refractivity contribution in [3.05, 3.63) is 35.4 Å². The Hall–Kier alpha value is -2.90. The number of nitrogen functional groups attached to an aromatic ring is 1. The van der Waals surface area contributed by atoms with E-state index in [9.17, 15) is 19.5 Å². The van der Waals surface area contributed by atoms with Crippen LogP contribution in [0.25, 0.3) is 0 Å². The number of rotatable bonds is 8. The van der Waals surface area contributed by atoms with Gasteiger partial charge < -0.3 is 21.5 Å². The minimum Gasteiger partial charge on any atom is -0.480 e. The van der Waals surface area contributed by atoms with Crippen molar-refractivity contribution < 1.29 is 19.5 Å². The van der Waals surface area contributed by atoms with Crippen LogP contribution in [0.15, 0.2) is 24.3 Å². The van der Waals surface area contributed by atoms with Crippen LogP contribution in [0.5, 0.6) is 0 Å². The van der Waals surface area contributed by atoms with E-state index in [-0.39, 0.29) is 24.1 Å².